The quantitative estimate of drug-likeness (QED) is 0.855. The number of carboxylic acids is 1. The van der Waals surface area contributed by atoms with Gasteiger partial charge in [0.25, 0.3) is 0 Å². The SMILES string of the molecule is COc1cc(Br)c(C(CC(=O)O)C2CC2)c(C)c1OC. The van der Waals surface area contributed by atoms with Gasteiger partial charge >= 0.3 is 5.97 Å². The first-order chi connectivity index (χ1) is 9.49. The molecule has 0 aromatic heterocycles. The van der Waals surface area contributed by atoms with Crippen LogP contribution in [0.2, 0.25) is 0 Å². The lowest BCUT2D eigenvalue weighted by molar-refractivity contribution is -0.137. The number of rotatable bonds is 6. The highest BCUT2D eigenvalue weighted by atomic mass is 79.9. The van der Waals surface area contributed by atoms with E-state index in [4.69, 9.17) is 14.6 Å². The maximum absolute atomic E-state index is 11.1. The van der Waals surface area contributed by atoms with E-state index in [1.165, 1.54) is 0 Å². The summed E-state index contributed by atoms with van der Waals surface area (Å²) in [5.41, 5.74) is 1.99. The molecular weight excluding hydrogens is 324 g/mol. The summed E-state index contributed by atoms with van der Waals surface area (Å²) in [6, 6.07) is 1.86. The van der Waals surface area contributed by atoms with Crippen LogP contribution in [0.25, 0.3) is 0 Å². The minimum Gasteiger partial charge on any atom is -0.493 e. The molecule has 1 saturated carbocycles. The lowest BCUT2D eigenvalue weighted by atomic mass is 9.87. The van der Waals surface area contributed by atoms with Gasteiger partial charge in [-0.2, -0.15) is 0 Å². The van der Waals surface area contributed by atoms with Gasteiger partial charge in [0, 0.05) is 4.47 Å². The van der Waals surface area contributed by atoms with Crippen molar-refractivity contribution in [1.82, 2.24) is 0 Å². The van der Waals surface area contributed by atoms with Gasteiger partial charge in [-0.15, -0.1) is 0 Å². The third-order valence-corrected chi connectivity index (χ3v) is 4.52. The summed E-state index contributed by atoms with van der Waals surface area (Å²) in [6.45, 7) is 1.96. The molecule has 1 fully saturated rings. The van der Waals surface area contributed by atoms with E-state index in [2.05, 4.69) is 15.9 Å². The summed E-state index contributed by atoms with van der Waals surface area (Å²) in [4.78, 5) is 11.1. The third-order valence-electron chi connectivity index (χ3n) is 3.86. The number of carbonyl (C=O) groups is 1. The predicted molar refractivity (Wildman–Crippen MR) is 79.7 cm³/mol. The van der Waals surface area contributed by atoms with Crippen molar-refractivity contribution >= 4 is 21.9 Å². The van der Waals surface area contributed by atoms with Crippen LogP contribution in [0, 0.1) is 12.8 Å². The molecule has 0 radical (unpaired) electrons. The third kappa shape index (κ3) is 2.92. The van der Waals surface area contributed by atoms with Crippen molar-refractivity contribution in [3.8, 4) is 11.5 Å². The average molecular weight is 343 g/mol. The highest BCUT2D eigenvalue weighted by Gasteiger charge is 2.36. The Morgan fingerprint density at radius 1 is 1.45 bits per heavy atom. The fourth-order valence-corrected chi connectivity index (χ4v) is 3.60. The molecule has 5 heteroatoms. The van der Waals surface area contributed by atoms with Gasteiger partial charge in [-0.25, -0.2) is 0 Å². The smallest absolute Gasteiger partial charge is 0.303 e. The number of carboxylic acid groups (broad SMARTS) is 1. The van der Waals surface area contributed by atoms with E-state index in [0.717, 1.165) is 28.4 Å². The first kappa shape index (κ1) is 15.2. The number of methoxy groups -OCH3 is 2. The maximum atomic E-state index is 11.1. The number of hydrogen-bond acceptors (Lipinski definition) is 3. The Balaban J connectivity index is 2.51. The van der Waals surface area contributed by atoms with E-state index in [0.29, 0.717) is 17.4 Å². The molecule has 1 aliphatic rings. The fourth-order valence-electron chi connectivity index (χ4n) is 2.80. The minimum atomic E-state index is -0.761. The van der Waals surface area contributed by atoms with Crippen LogP contribution in [-0.2, 0) is 4.79 Å². The van der Waals surface area contributed by atoms with E-state index in [1.807, 2.05) is 13.0 Å². The Morgan fingerprint density at radius 2 is 2.10 bits per heavy atom. The van der Waals surface area contributed by atoms with E-state index in [-0.39, 0.29) is 12.3 Å². The summed E-state index contributed by atoms with van der Waals surface area (Å²) in [7, 11) is 3.20. The Labute approximate surface area is 127 Å². The molecule has 2 rings (SSSR count). The predicted octanol–water partition coefficient (Wildman–Crippen LogP) is 3.74. The zero-order valence-corrected chi connectivity index (χ0v) is 13.5. The Morgan fingerprint density at radius 3 is 2.55 bits per heavy atom. The van der Waals surface area contributed by atoms with Gasteiger partial charge in [0.05, 0.1) is 20.6 Å². The van der Waals surface area contributed by atoms with E-state index >= 15 is 0 Å². The lowest BCUT2D eigenvalue weighted by Crippen LogP contribution is -2.11. The van der Waals surface area contributed by atoms with Gasteiger partial charge in [-0.05, 0) is 48.8 Å². The van der Waals surface area contributed by atoms with Gasteiger partial charge < -0.3 is 14.6 Å². The van der Waals surface area contributed by atoms with Crippen molar-refractivity contribution in [2.75, 3.05) is 14.2 Å². The van der Waals surface area contributed by atoms with Gasteiger partial charge in [0.1, 0.15) is 0 Å². The molecule has 0 heterocycles. The molecule has 0 saturated heterocycles. The molecule has 1 atom stereocenters. The van der Waals surface area contributed by atoms with Crippen LogP contribution >= 0.6 is 15.9 Å². The number of aliphatic carboxylic acids is 1. The molecule has 1 aromatic rings. The van der Waals surface area contributed by atoms with Crippen LogP contribution in [0.1, 0.15) is 36.3 Å². The number of ether oxygens (including phenoxy) is 2. The molecular formula is C15H19BrO4. The number of hydrogen-bond donors (Lipinski definition) is 1. The van der Waals surface area contributed by atoms with E-state index in [9.17, 15) is 4.79 Å². The maximum Gasteiger partial charge on any atom is 0.303 e. The monoisotopic (exact) mass is 342 g/mol. The second kappa shape index (κ2) is 6.04. The van der Waals surface area contributed by atoms with Crippen LogP contribution < -0.4 is 9.47 Å². The summed E-state index contributed by atoms with van der Waals surface area (Å²) < 4.78 is 11.6. The van der Waals surface area contributed by atoms with Crippen LogP contribution in [0.3, 0.4) is 0 Å². The lowest BCUT2D eigenvalue weighted by Gasteiger charge is -2.22. The van der Waals surface area contributed by atoms with Crippen molar-refractivity contribution in [1.29, 1.82) is 0 Å². The van der Waals surface area contributed by atoms with Crippen molar-refractivity contribution in [3.63, 3.8) is 0 Å². The first-order valence-corrected chi connectivity index (χ1v) is 7.41. The Kier molecular flexibility index (Phi) is 4.58. The standard InChI is InChI=1S/C15H19BrO4/c1-8-14(10(6-13(17)18)9-4-5-9)11(16)7-12(19-2)15(8)20-3/h7,9-10H,4-6H2,1-3H3,(H,17,18). The highest BCUT2D eigenvalue weighted by Crippen LogP contribution is 2.50. The summed E-state index contributed by atoms with van der Waals surface area (Å²) >= 11 is 3.56. The van der Waals surface area contributed by atoms with Crippen LogP contribution in [0.5, 0.6) is 11.5 Å². The molecule has 1 unspecified atom stereocenters. The fraction of sp³-hybridized carbons (Fsp3) is 0.533. The summed E-state index contributed by atoms with van der Waals surface area (Å²) in [5.74, 6) is 1.07. The summed E-state index contributed by atoms with van der Waals surface area (Å²) in [6.07, 6.45) is 2.34. The first-order valence-electron chi connectivity index (χ1n) is 6.62. The molecule has 0 aliphatic heterocycles. The highest BCUT2D eigenvalue weighted by molar-refractivity contribution is 9.10. The second-order valence-electron chi connectivity index (χ2n) is 5.17. The summed E-state index contributed by atoms with van der Waals surface area (Å²) in [5, 5.41) is 9.16. The van der Waals surface area contributed by atoms with Crippen molar-refractivity contribution < 1.29 is 19.4 Å². The average Bonchev–Trinajstić information content (AvgIpc) is 3.20. The molecule has 110 valence electrons. The van der Waals surface area contributed by atoms with Crippen LogP contribution in [-0.4, -0.2) is 25.3 Å². The van der Waals surface area contributed by atoms with Crippen LogP contribution in [0.15, 0.2) is 10.5 Å². The van der Waals surface area contributed by atoms with Gasteiger partial charge in [-0.3, -0.25) is 4.79 Å². The molecule has 0 bridgehead atoms. The topological polar surface area (TPSA) is 55.8 Å². The zero-order chi connectivity index (χ0) is 14.9. The molecule has 1 N–H and O–H groups in total. The normalized spacial score (nSPS) is 15.8. The minimum absolute atomic E-state index is 0.0293. The molecule has 1 aromatic carbocycles. The molecule has 0 spiro atoms. The van der Waals surface area contributed by atoms with Gasteiger partial charge in [-0.1, -0.05) is 15.9 Å². The molecule has 1 aliphatic carbocycles. The second-order valence-corrected chi connectivity index (χ2v) is 6.03. The van der Waals surface area contributed by atoms with Crippen LogP contribution in [0.4, 0.5) is 0 Å². The number of benzene rings is 1. The van der Waals surface area contributed by atoms with Crippen molar-refractivity contribution in [3.05, 3.63) is 21.7 Å². The van der Waals surface area contributed by atoms with Gasteiger partial charge in [0.15, 0.2) is 11.5 Å². The van der Waals surface area contributed by atoms with Crippen molar-refractivity contribution in [2.45, 2.75) is 32.1 Å². The molecule has 0 amide bonds. The van der Waals surface area contributed by atoms with Crippen molar-refractivity contribution in [2.24, 2.45) is 5.92 Å². The Bertz CT molecular complexity index is 523. The van der Waals surface area contributed by atoms with Gasteiger partial charge in [0.2, 0.25) is 0 Å². The molecule has 4 nitrogen and oxygen atoms in total. The molecule has 20 heavy (non-hydrogen) atoms. The largest absolute Gasteiger partial charge is 0.493 e. The van der Waals surface area contributed by atoms with E-state index in [1.54, 1.807) is 14.2 Å². The Hall–Kier alpha value is -1.23. The zero-order valence-electron chi connectivity index (χ0n) is 11.9. The van der Waals surface area contributed by atoms with E-state index < -0.39 is 5.97 Å². The number of halogens is 1.